The van der Waals surface area contributed by atoms with E-state index in [-0.39, 0.29) is 23.8 Å². The second kappa shape index (κ2) is 11.3. The second-order valence-corrected chi connectivity index (χ2v) is 8.63. The first-order valence-electron chi connectivity index (χ1n) is 10.8. The molecule has 34 heavy (non-hydrogen) atoms. The monoisotopic (exact) mass is 488 g/mol. The van der Waals surface area contributed by atoms with E-state index in [1.807, 2.05) is 5.38 Å². The van der Waals surface area contributed by atoms with Gasteiger partial charge in [-0.25, -0.2) is 14.2 Å². The molecule has 1 N–H and O–H groups in total. The number of nitrogens with one attached hydrogen (secondary N) is 1. The van der Waals surface area contributed by atoms with Gasteiger partial charge in [0.25, 0.3) is 6.47 Å². The number of carbonyl (C=O) groups is 2. The Labute approximate surface area is 200 Å². The van der Waals surface area contributed by atoms with Gasteiger partial charge in [-0.3, -0.25) is 14.7 Å². The van der Waals surface area contributed by atoms with Crippen molar-refractivity contribution in [3.05, 3.63) is 63.5 Å². The number of hydrogen-bond donors (Lipinski definition) is 1. The summed E-state index contributed by atoms with van der Waals surface area (Å²) in [6, 6.07) is 5.38. The van der Waals surface area contributed by atoms with E-state index in [0.29, 0.717) is 55.7 Å². The fourth-order valence-electron chi connectivity index (χ4n) is 4.01. The summed E-state index contributed by atoms with van der Waals surface area (Å²) in [5.74, 6) is -0.573. The Hall–Kier alpha value is -3.15. The van der Waals surface area contributed by atoms with Crippen molar-refractivity contribution < 1.29 is 28.2 Å². The summed E-state index contributed by atoms with van der Waals surface area (Å²) in [5.41, 5.74) is 1.10. The van der Waals surface area contributed by atoms with Crippen LogP contribution in [0.3, 0.4) is 0 Å². The lowest BCUT2D eigenvalue weighted by Crippen LogP contribution is -2.46. The third-order valence-corrected chi connectivity index (χ3v) is 6.38. The van der Waals surface area contributed by atoms with Gasteiger partial charge in [0.1, 0.15) is 11.9 Å². The van der Waals surface area contributed by atoms with Crippen molar-refractivity contribution in [2.24, 2.45) is 4.99 Å². The van der Waals surface area contributed by atoms with E-state index in [2.05, 4.69) is 20.2 Å². The number of esters is 1. The van der Waals surface area contributed by atoms with Gasteiger partial charge in [-0.2, -0.15) is 0 Å². The first kappa shape index (κ1) is 24.0. The number of halogens is 1. The van der Waals surface area contributed by atoms with E-state index in [1.165, 1.54) is 24.5 Å². The average Bonchev–Trinajstić information content (AvgIpc) is 3.39. The van der Waals surface area contributed by atoms with Gasteiger partial charge in [0, 0.05) is 48.9 Å². The summed E-state index contributed by atoms with van der Waals surface area (Å²) in [7, 11) is 1.29. The van der Waals surface area contributed by atoms with Crippen LogP contribution in [0.25, 0.3) is 0 Å². The number of amidine groups is 1. The molecule has 0 bridgehead atoms. The predicted molar refractivity (Wildman–Crippen MR) is 123 cm³/mol. The molecule has 0 radical (unpaired) electrons. The Morgan fingerprint density at radius 2 is 2.26 bits per heavy atom. The van der Waals surface area contributed by atoms with Crippen molar-refractivity contribution in [3.63, 3.8) is 0 Å². The molecule has 0 unspecified atom stereocenters. The predicted octanol–water partition coefficient (Wildman–Crippen LogP) is 2.06. The third-order valence-electron chi connectivity index (χ3n) is 5.60. The minimum Gasteiger partial charge on any atom is -0.468 e. The molecule has 11 heteroatoms. The first-order valence-corrected chi connectivity index (χ1v) is 11.7. The summed E-state index contributed by atoms with van der Waals surface area (Å²) in [5, 5.41) is 5.71. The van der Waals surface area contributed by atoms with Gasteiger partial charge in [-0.1, -0.05) is 18.2 Å². The maximum Gasteiger partial charge on any atom is 0.338 e. The number of hydrogen-bond acceptors (Lipinski definition) is 10. The smallest absolute Gasteiger partial charge is 0.338 e. The lowest BCUT2D eigenvalue weighted by atomic mass is 9.95. The Morgan fingerprint density at radius 3 is 3.00 bits per heavy atom. The molecule has 2 aromatic rings. The molecule has 1 saturated heterocycles. The Kier molecular flexibility index (Phi) is 7.99. The number of aliphatic imine (C=N–C) groups is 1. The van der Waals surface area contributed by atoms with Crippen LogP contribution in [0.4, 0.5) is 4.39 Å². The lowest BCUT2D eigenvalue weighted by Gasteiger charge is -2.35. The molecule has 9 nitrogen and oxygen atoms in total. The van der Waals surface area contributed by atoms with Crippen molar-refractivity contribution in [2.45, 2.75) is 18.6 Å². The maximum absolute atomic E-state index is 14.8. The van der Waals surface area contributed by atoms with E-state index in [9.17, 15) is 14.0 Å². The van der Waals surface area contributed by atoms with E-state index < -0.39 is 17.8 Å². The lowest BCUT2D eigenvalue weighted by molar-refractivity contribution is -0.136. The molecule has 0 amide bonds. The Morgan fingerprint density at radius 1 is 1.41 bits per heavy atom. The molecule has 2 aliphatic rings. The molecule has 2 aliphatic heterocycles. The van der Waals surface area contributed by atoms with Crippen LogP contribution in [-0.4, -0.2) is 74.2 Å². The fourth-order valence-corrected chi connectivity index (χ4v) is 4.60. The van der Waals surface area contributed by atoms with Gasteiger partial charge in [0.05, 0.1) is 32.0 Å². The van der Waals surface area contributed by atoms with Gasteiger partial charge < -0.3 is 19.5 Å². The van der Waals surface area contributed by atoms with Gasteiger partial charge in [-0.05, 0) is 6.07 Å². The Balaban J connectivity index is 1.67. The van der Waals surface area contributed by atoms with Crippen LogP contribution < -0.4 is 5.32 Å². The number of thiazole rings is 1. The topological polar surface area (TPSA) is 102 Å². The second-order valence-electron chi connectivity index (χ2n) is 7.73. The highest BCUT2D eigenvalue weighted by molar-refractivity contribution is 7.11. The van der Waals surface area contributed by atoms with Gasteiger partial charge in [0.15, 0.2) is 10.8 Å². The van der Waals surface area contributed by atoms with Gasteiger partial charge >= 0.3 is 5.97 Å². The molecule has 1 aromatic carbocycles. The van der Waals surface area contributed by atoms with Crippen molar-refractivity contribution in [1.82, 2.24) is 15.2 Å². The summed E-state index contributed by atoms with van der Waals surface area (Å²) in [4.78, 5) is 34.5. The van der Waals surface area contributed by atoms with Crippen LogP contribution in [0.5, 0.6) is 0 Å². The van der Waals surface area contributed by atoms with Crippen LogP contribution in [0, 0.1) is 5.82 Å². The fraction of sp³-hybridized carbons (Fsp3) is 0.391. The van der Waals surface area contributed by atoms with Crippen molar-refractivity contribution in [1.29, 1.82) is 0 Å². The zero-order chi connectivity index (χ0) is 23.9. The Bertz CT molecular complexity index is 1080. The van der Waals surface area contributed by atoms with E-state index >= 15 is 0 Å². The zero-order valence-electron chi connectivity index (χ0n) is 18.6. The summed E-state index contributed by atoms with van der Waals surface area (Å²) >= 11 is 1.39. The van der Waals surface area contributed by atoms with Crippen LogP contribution >= 0.6 is 11.3 Å². The van der Waals surface area contributed by atoms with Crippen molar-refractivity contribution in [2.75, 3.05) is 40.0 Å². The minimum atomic E-state index is -0.887. The molecule has 180 valence electrons. The highest BCUT2D eigenvalue weighted by Crippen LogP contribution is 2.34. The quantitative estimate of drug-likeness (QED) is 0.325. The average molecular weight is 489 g/mol. The number of rotatable bonds is 9. The highest BCUT2D eigenvalue weighted by Gasteiger charge is 2.35. The third kappa shape index (κ3) is 5.49. The zero-order valence-corrected chi connectivity index (χ0v) is 19.4. The van der Waals surface area contributed by atoms with Crippen LogP contribution in [0.15, 0.2) is 52.1 Å². The molecular formula is C23H25FN4O5S. The molecule has 3 heterocycles. The number of methoxy groups -OCH3 is 1. The van der Waals surface area contributed by atoms with Crippen molar-refractivity contribution in [3.8, 4) is 0 Å². The van der Waals surface area contributed by atoms with E-state index in [4.69, 9.17) is 14.2 Å². The first-order chi connectivity index (χ1) is 16.6. The minimum absolute atomic E-state index is 0.117. The molecule has 4 rings (SSSR count). The highest BCUT2D eigenvalue weighted by atomic mass is 32.1. The standard InChI is InChI=1S/C23H25FN4O5S/c1-31-23(30)19-18(13-28-8-10-33-15(12-28)6-9-32-14-29)26-21(22-25-7-11-34-22)27-20(19)16-4-2-3-5-17(16)24/h2-5,7,11,14-15,20H,6,8-10,12-13H2,1H3,(H,26,27)/t15-,20+/m1/s1. The van der Waals surface area contributed by atoms with Gasteiger partial charge in [-0.15, -0.1) is 11.3 Å². The van der Waals surface area contributed by atoms with Crippen LogP contribution in [0.2, 0.25) is 0 Å². The maximum atomic E-state index is 14.8. The summed E-state index contributed by atoms with van der Waals surface area (Å²) in [6.45, 7) is 2.77. The van der Waals surface area contributed by atoms with E-state index in [1.54, 1.807) is 24.4 Å². The molecular weight excluding hydrogens is 463 g/mol. The number of morpholine rings is 1. The van der Waals surface area contributed by atoms with Gasteiger partial charge in [0.2, 0.25) is 0 Å². The SMILES string of the molecule is COC(=O)C1=C(CN2CCO[C@H](CCOC=O)C2)NC(c2nccs2)=N[C@H]1c1ccccc1F. The van der Waals surface area contributed by atoms with Crippen LogP contribution in [0.1, 0.15) is 23.0 Å². The largest absolute Gasteiger partial charge is 0.468 e. The summed E-state index contributed by atoms with van der Waals surface area (Å²) in [6.07, 6.45) is 2.11. The van der Waals surface area contributed by atoms with E-state index in [0.717, 1.165) is 0 Å². The molecule has 0 saturated carbocycles. The number of ether oxygens (including phenoxy) is 3. The van der Waals surface area contributed by atoms with Crippen molar-refractivity contribution >= 4 is 29.6 Å². The molecule has 0 spiro atoms. The number of benzene rings is 1. The number of nitrogens with zero attached hydrogens (tertiary/aromatic N) is 3. The number of carbonyl (C=O) groups excluding carboxylic acids is 2. The molecule has 0 aliphatic carbocycles. The van der Waals surface area contributed by atoms with Crippen LogP contribution in [-0.2, 0) is 23.8 Å². The normalized spacial score (nSPS) is 20.9. The summed E-state index contributed by atoms with van der Waals surface area (Å²) < 4.78 is 30.5. The number of aromatic nitrogens is 1. The molecule has 1 fully saturated rings. The molecule has 2 atom stereocenters. The molecule has 1 aromatic heterocycles.